The average Bonchev–Trinajstić information content (AvgIpc) is 3.34. The number of hydrogen-bond donors (Lipinski definition) is 1. The molecule has 1 N–H and O–H groups in total. The molecule has 0 atom stereocenters. The van der Waals surface area contributed by atoms with Crippen molar-refractivity contribution in [3.8, 4) is 28.8 Å². The molecule has 260 valence electrons. The Morgan fingerprint density at radius 1 is 0.574 bits per heavy atom. The van der Waals surface area contributed by atoms with E-state index in [1.165, 1.54) is 107 Å². The lowest BCUT2D eigenvalue weighted by atomic mass is 10.1. The Morgan fingerprint density at radius 3 is 1.36 bits per heavy atom. The number of carbonyl (C=O) groups is 1. The van der Waals surface area contributed by atoms with Crippen molar-refractivity contribution in [3.63, 3.8) is 0 Å². The predicted molar refractivity (Wildman–Crippen MR) is 193 cm³/mol. The van der Waals surface area contributed by atoms with Crippen molar-refractivity contribution in [2.24, 2.45) is 0 Å². The first-order valence-electron chi connectivity index (χ1n) is 18.6. The Kier molecular flexibility index (Phi) is 18.5. The zero-order valence-electron chi connectivity index (χ0n) is 29.2. The Hall–Kier alpha value is -3.48. The van der Waals surface area contributed by atoms with E-state index >= 15 is 0 Å². The molecule has 7 nitrogen and oxygen atoms in total. The van der Waals surface area contributed by atoms with Gasteiger partial charge in [-0.2, -0.15) is 0 Å². The van der Waals surface area contributed by atoms with Gasteiger partial charge in [-0.3, -0.25) is 9.36 Å². The maximum Gasteiger partial charge on any atom is 0.340 e. The standard InChI is InChI=1S/C40H60N2O5/c1-3-5-7-9-11-13-15-17-19-21-29-46-36-27-23-25-34(31-36)41-38(33-43)39(44)42(40(41)45)35-26-24-28-37(32-35)47-30-22-20-18-16-14-12-10-8-6-4-2/h23-28,31-33,44H,3-22,29-30H2,1-2H3. The van der Waals surface area contributed by atoms with Crippen molar-refractivity contribution in [2.75, 3.05) is 13.2 Å². The highest BCUT2D eigenvalue weighted by Crippen LogP contribution is 2.26. The van der Waals surface area contributed by atoms with Crippen molar-refractivity contribution in [2.45, 2.75) is 142 Å². The number of ether oxygens (including phenoxy) is 2. The van der Waals surface area contributed by atoms with Crippen LogP contribution in [0.1, 0.15) is 153 Å². The fourth-order valence-corrected chi connectivity index (χ4v) is 6.08. The lowest BCUT2D eigenvalue weighted by Crippen LogP contribution is -2.23. The van der Waals surface area contributed by atoms with Crippen molar-refractivity contribution in [1.29, 1.82) is 0 Å². The number of rotatable bonds is 27. The number of aromatic hydroxyl groups is 1. The van der Waals surface area contributed by atoms with Crippen LogP contribution in [0.3, 0.4) is 0 Å². The van der Waals surface area contributed by atoms with Crippen molar-refractivity contribution < 1.29 is 19.4 Å². The molecular formula is C40H60N2O5. The van der Waals surface area contributed by atoms with Crippen LogP contribution < -0.4 is 15.2 Å². The van der Waals surface area contributed by atoms with Crippen LogP contribution in [-0.2, 0) is 0 Å². The highest BCUT2D eigenvalue weighted by atomic mass is 16.5. The number of imidazole rings is 1. The summed E-state index contributed by atoms with van der Waals surface area (Å²) in [7, 11) is 0. The molecule has 0 aliphatic carbocycles. The van der Waals surface area contributed by atoms with Gasteiger partial charge in [0.05, 0.1) is 24.6 Å². The molecule has 1 heterocycles. The quantitative estimate of drug-likeness (QED) is 0.0657. The Labute approximate surface area is 283 Å². The van der Waals surface area contributed by atoms with E-state index in [9.17, 15) is 14.7 Å². The molecule has 0 aliphatic heterocycles. The molecule has 1 aromatic heterocycles. The molecule has 0 fully saturated rings. The van der Waals surface area contributed by atoms with E-state index < -0.39 is 11.6 Å². The first kappa shape index (κ1) is 38.0. The van der Waals surface area contributed by atoms with E-state index in [2.05, 4.69) is 13.8 Å². The van der Waals surface area contributed by atoms with Crippen LogP contribution in [0.15, 0.2) is 53.3 Å². The molecule has 2 aromatic carbocycles. The maximum absolute atomic E-state index is 13.6. The van der Waals surface area contributed by atoms with E-state index in [1.54, 1.807) is 36.4 Å². The van der Waals surface area contributed by atoms with Crippen LogP contribution in [0.4, 0.5) is 0 Å². The molecule has 0 bridgehead atoms. The Morgan fingerprint density at radius 2 is 0.957 bits per heavy atom. The maximum atomic E-state index is 13.6. The summed E-state index contributed by atoms with van der Waals surface area (Å²) in [5.74, 6) is 0.831. The Balaban J connectivity index is 1.51. The van der Waals surface area contributed by atoms with Crippen LogP contribution in [0.25, 0.3) is 11.4 Å². The highest BCUT2D eigenvalue weighted by Gasteiger charge is 2.22. The molecular weight excluding hydrogens is 588 g/mol. The minimum Gasteiger partial charge on any atom is -0.494 e. The molecule has 0 amide bonds. The summed E-state index contributed by atoms with van der Waals surface area (Å²) < 4.78 is 14.4. The second-order valence-corrected chi connectivity index (χ2v) is 12.8. The van der Waals surface area contributed by atoms with Gasteiger partial charge >= 0.3 is 5.69 Å². The van der Waals surface area contributed by atoms with Crippen LogP contribution in [0, 0.1) is 0 Å². The van der Waals surface area contributed by atoms with Gasteiger partial charge < -0.3 is 14.6 Å². The van der Waals surface area contributed by atoms with E-state index in [4.69, 9.17) is 9.47 Å². The summed E-state index contributed by atoms with van der Waals surface area (Å²) in [6, 6.07) is 14.2. The second kappa shape index (κ2) is 22.9. The number of aldehydes is 1. The highest BCUT2D eigenvalue weighted by molar-refractivity contribution is 5.78. The second-order valence-electron chi connectivity index (χ2n) is 12.8. The average molecular weight is 649 g/mol. The SMILES string of the molecule is CCCCCCCCCCCCOc1cccc(-n2c(O)c(C=O)n(-c3cccc(OCCCCCCCCCCCC)c3)c2=O)c1. The summed E-state index contributed by atoms with van der Waals surface area (Å²) in [5, 5.41) is 11.0. The molecule has 0 saturated carbocycles. The van der Waals surface area contributed by atoms with Gasteiger partial charge in [-0.1, -0.05) is 142 Å². The number of hydrogen-bond acceptors (Lipinski definition) is 5. The molecule has 0 aliphatic rings. The zero-order valence-corrected chi connectivity index (χ0v) is 29.2. The minimum absolute atomic E-state index is 0.112. The van der Waals surface area contributed by atoms with Gasteiger partial charge in [0.1, 0.15) is 11.5 Å². The first-order valence-corrected chi connectivity index (χ1v) is 18.6. The molecule has 0 spiro atoms. The molecule has 7 heteroatoms. The van der Waals surface area contributed by atoms with Crippen molar-refractivity contribution in [3.05, 3.63) is 64.7 Å². The van der Waals surface area contributed by atoms with Crippen LogP contribution in [0.2, 0.25) is 0 Å². The number of carbonyl (C=O) groups excluding carboxylic acids is 1. The summed E-state index contributed by atoms with van der Waals surface area (Å²) in [4.78, 5) is 25.7. The largest absolute Gasteiger partial charge is 0.494 e. The molecule has 47 heavy (non-hydrogen) atoms. The van der Waals surface area contributed by atoms with E-state index in [0.29, 0.717) is 42.4 Å². The van der Waals surface area contributed by atoms with E-state index in [0.717, 1.165) is 30.3 Å². The number of unbranched alkanes of at least 4 members (excludes halogenated alkanes) is 18. The topological polar surface area (TPSA) is 82.7 Å². The summed E-state index contributed by atoms with van der Waals surface area (Å²) >= 11 is 0. The minimum atomic E-state index is -0.539. The normalized spacial score (nSPS) is 11.2. The van der Waals surface area contributed by atoms with Gasteiger partial charge in [-0.05, 0) is 37.1 Å². The summed E-state index contributed by atoms with van der Waals surface area (Å²) in [6.07, 6.45) is 25.6. The third-order valence-corrected chi connectivity index (χ3v) is 8.86. The van der Waals surface area contributed by atoms with Gasteiger partial charge in [-0.15, -0.1) is 0 Å². The van der Waals surface area contributed by atoms with Gasteiger partial charge in [0.2, 0.25) is 5.88 Å². The van der Waals surface area contributed by atoms with Gasteiger partial charge in [0.15, 0.2) is 12.0 Å². The van der Waals surface area contributed by atoms with Crippen molar-refractivity contribution in [1.82, 2.24) is 9.13 Å². The lowest BCUT2D eigenvalue weighted by Gasteiger charge is -2.09. The molecule has 3 aromatic rings. The van der Waals surface area contributed by atoms with Crippen molar-refractivity contribution >= 4 is 6.29 Å². The molecule has 0 radical (unpaired) electrons. The Bertz CT molecular complexity index is 1340. The number of aromatic nitrogens is 2. The fraction of sp³-hybridized carbons (Fsp3) is 0.600. The number of benzene rings is 2. The smallest absolute Gasteiger partial charge is 0.340 e. The molecule has 0 unspecified atom stereocenters. The number of nitrogens with zero attached hydrogens (tertiary/aromatic N) is 2. The predicted octanol–water partition coefficient (Wildman–Crippen LogP) is 10.7. The zero-order chi connectivity index (χ0) is 33.5. The molecule has 3 rings (SSSR count). The lowest BCUT2D eigenvalue weighted by molar-refractivity contribution is 0.111. The summed E-state index contributed by atoms with van der Waals surface area (Å²) in [6.45, 7) is 5.68. The summed E-state index contributed by atoms with van der Waals surface area (Å²) in [5.41, 5.74) is 0.241. The first-order chi connectivity index (χ1) is 23.1. The van der Waals surface area contributed by atoms with E-state index in [1.807, 2.05) is 12.1 Å². The van der Waals surface area contributed by atoms with Crippen LogP contribution in [0.5, 0.6) is 17.4 Å². The fourth-order valence-electron chi connectivity index (χ4n) is 6.08. The van der Waals surface area contributed by atoms with Gasteiger partial charge in [0.25, 0.3) is 0 Å². The monoisotopic (exact) mass is 648 g/mol. The third kappa shape index (κ3) is 13.3. The van der Waals surface area contributed by atoms with Gasteiger partial charge in [-0.25, -0.2) is 9.36 Å². The third-order valence-electron chi connectivity index (χ3n) is 8.86. The van der Waals surface area contributed by atoms with Crippen LogP contribution >= 0.6 is 0 Å². The van der Waals surface area contributed by atoms with E-state index in [-0.39, 0.29) is 5.69 Å². The van der Waals surface area contributed by atoms with Gasteiger partial charge in [0, 0.05) is 12.1 Å². The van der Waals surface area contributed by atoms with Crippen LogP contribution in [-0.4, -0.2) is 33.7 Å². The molecule has 0 saturated heterocycles.